The molecule has 12 nitrogen and oxygen atoms in total. The van der Waals surface area contributed by atoms with E-state index >= 15 is 0 Å². The molecule has 0 spiro atoms. The zero-order valence-corrected chi connectivity index (χ0v) is 34.2. The Labute approximate surface area is 323 Å². The first kappa shape index (κ1) is 46.5. The molecule has 0 fully saturated rings. The van der Waals surface area contributed by atoms with E-state index in [1.165, 1.54) is 11.1 Å². The average Bonchev–Trinajstić information content (AvgIpc) is 3.21. The standard InChI is InChI=1S/6C7H10N2/c1-6(2)7-3-8-5-9-4-7;1-6(2)7-5-8-3-4-9-7;1-6(2)7-3-4-8-5-9-7;1-6(2)7-3-4-8-9-5-7;1-6(2)7-8-4-3-5-9-7;1-6(2)7-4-3-5-8-9-7/h6*3-6H,1-2H3. The normalized spacial score (nSPS) is 10.1. The van der Waals surface area contributed by atoms with Gasteiger partial charge in [-0.1, -0.05) is 83.1 Å². The Morgan fingerprint density at radius 3 is 1.33 bits per heavy atom. The molecule has 0 bridgehead atoms. The molecule has 0 aliphatic rings. The Hall–Kier alpha value is -5.52. The van der Waals surface area contributed by atoms with Crippen molar-refractivity contribution in [2.24, 2.45) is 0 Å². The molecule has 0 N–H and O–H groups in total. The molecular formula is C42H60N12. The first-order valence-electron chi connectivity index (χ1n) is 18.4. The van der Waals surface area contributed by atoms with Crippen LogP contribution in [0.3, 0.4) is 0 Å². The smallest absolute Gasteiger partial charge is 0.130 e. The van der Waals surface area contributed by atoms with Crippen LogP contribution in [-0.4, -0.2) is 60.3 Å². The maximum absolute atomic E-state index is 4.12. The highest BCUT2D eigenvalue weighted by atomic mass is 15.1. The summed E-state index contributed by atoms with van der Waals surface area (Å²) in [5.74, 6) is 3.92. The van der Waals surface area contributed by atoms with Gasteiger partial charge in [0.05, 0.1) is 17.6 Å². The minimum Gasteiger partial charge on any atom is -0.261 e. The van der Waals surface area contributed by atoms with Gasteiger partial charge >= 0.3 is 0 Å². The van der Waals surface area contributed by atoms with E-state index in [0.717, 1.165) is 22.9 Å². The van der Waals surface area contributed by atoms with Crippen LogP contribution in [0.5, 0.6) is 0 Å². The van der Waals surface area contributed by atoms with Crippen molar-refractivity contribution in [2.45, 2.75) is 119 Å². The molecule has 0 amide bonds. The van der Waals surface area contributed by atoms with Crippen molar-refractivity contribution in [2.75, 3.05) is 0 Å². The zero-order chi connectivity index (χ0) is 40.1. The van der Waals surface area contributed by atoms with Gasteiger partial charge in [0.25, 0.3) is 0 Å². The molecule has 0 aromatic carbocycles. The SMILES string of the molecule is CC(C)c1cccnn1.CC(C)c1ccncn1.CC(C)c1ccnnc1.CC(C)c1cnccn1.CC(C)c1cncnc1.CC(C)c1ncccn1. The van der Waals surface area contributed by atoms with E-state index in [-0.39, 0.29) is 0 Å². The minimum atomic E-state index is 0.436. The maximum atomic E-state index is 4.12. The van der Waals surface area contributed by atoms with Gasteiger partial charge in [0, 0.05) is 73.6 Å². The lowest BCUT2D eigenvalue weighted by Gasteiger charge is -2.00. The summed E-state index contributed by atoms with van der Waals surface area (Å²) in [6, 6.07) is 9.63. The fourth-order valence-corrected chi connectivity index (χ4v) is 3.73. The molecule has 0 atom stereocenters. The van der Waals surface area contributed by atoms with Crippen molar-refractivity contribution in [3.8, 4) is 0 Å². The number of rotatable bonds is 6. The van der Waals surface area contributed by atoms with Crippen LogP contribution in [0, 0.1) is 0 Å². The van der Waals surface area contributed by atoms with Crippen molar-refractivity contribution in [3.63, 3.8) is 0 Å². The van der Waals surface area contributed by atoms with Crippen molar-refractivity contribution in [1.82, 2.24) is 60.3 Å². The predicted octanol–water partition coefficient (Wildman–Crippen LogP) is 9.60. The summed E-state index contributed by atoms with van der Waals surface area (Å²) in [6.45, 7) is 25.3. The summed E-state index contributed by atoms with van der Waals surface area (Å²) in [7, 11) is 0. The van der Waals surface area contributed by atoms with Gasteiger partial charge in [0.15, 0.2) is 0 Å². The third-order valence-corrected chi connectivity index (χ3v) is 7.18. The molecule has 6 heterocycles. The number of hydrogen-bond donors (Lipinski definition) is 0. The highest BCUT2D eigenvalue weighted by Gasteiger charge is 1.99. The van der Waals surface area contributed by atoms with E-state index in [0.29, 0.717) is 35.5 Å². The summed E-state index contributed by atoms with van der Waals surface area (Å²) in [5.41, 5.74) is 5.64. The highest BCUT2D eigenvalue weighted by Crippen LogP contribution is 2.11. The summed E-state index contributed by atoms with van der Waals surface area (Å²) in [6.07, 6.45) is 22.5. The Balaban J connectivity index is 0.000000324. The van der Waals surface area contributed by atoms with E-state index in [9.17, 15) is 0 Å². The van der Waals surface area contributed by atoms with Crippen molar-refractivity contribution in [3.05, 3.63) is 145 Å². The number of nitrogens with zero attached hydrogens (tertiary/aromatic N) is 12. The second kappa shape index (κ2) is 28.0. The Bertz CT molecular complexity index is 1350. The van der Waals surface area contributed by atoms with E-state index in [1.807, 2.05) is 42.7 Å². The zero-order valence-electron chi connectivity index (χ0n) is 34.2. The molecule has 0 aliphatic carbocycles. The molecule has 0 unspecified atom stereocenters. The largest absolute Gasteiger partial charge is 0.261 e. The van der Waals surface area contributed by atoms with E-state index in [4.69, 9.17) is 0 Å². The molecule has 54 heavy (non-hydrogen) atoms. The lowest BCUT2D eigenvalue weighted by Crippen LogP contribution is -1.93. The second-order valence-electron chi connectivity index (χ2n) is 13.8. The summed E-state index contributed by atoms with van der Waals surface area (Å²) in [4.78, 5) is 31.9. The third kappa shape index (κ3) is 21.8. The molecule has 6 rings (SSSR count). The summed E-state index contributed by atoms with van der Waals surface area (Å²) in [5, 5.41) is 15.1. The van der Waals surface area contributed by atoms with Crippen LogP contribution in [0.4, 0.5) is 0 Å². The highest BCUT2D eigenvalue weighted by molar-refractivity contribution is 5.09. The fourth-order valence-electron chi connectivity index (χ4n) is 3.73. The van der Waals surface area contributed by atoms with Crippen molar-refractivity contribution in [1.29, 1.82) is 0 Å². The maximum Gasteiger partial charge on any atom is 0.130 e. The van der Waals surface area contributed by atoms with Gasteiger partial charge in [-0.3, -0.25) is 9.97 Å². The van der Waals surface area contributed by atoms with Crippen LogP contribution in [0.2, 0.25) is 0 Å². The molecule has 0 radical (unpaired) electrons. The molecule has 0 aliphatic heterocycles. The third-order valence-electron chi connectivity index (χ3n) is 7.18. The van der Waals surface area contributed by atoms with Crippen molar-refractivity contribution < 1.29 is 0 Å². The lowest BCUT2D eigenvalue weighted by molar-refractivity contribution is 0.774. The van der Waals surface area contributed by atoms with Crippen LogP contribution in [0.1, 0.15) is 153 Å². The molecule has 0 saturated carbocycles. The van der Waals surface area contributed by atoms with Crippen LogP contribution in [-0.2, 0) is 0 Å². The topological polar surface area (TPSA) is 155 Å². The monoisotopic (exact) mass is 733 g/mol. The molecule has 0 saturated heterocycles. The molecule has 6 aromatic heterocycles. The van der Waals surface area contributed by atoms with Crippen molar-refractivity contribution >= 4 is 0 Å². The Morgan fingerprint density at radius 1 is 0.352 bits per heavy atom. The minimum absolute atomic E-state index is 0.436. The van der Waals surface area contributed by atoms with Crippen LogP contribution >= 0.6 is 0 Å². The molecule has 6 aromatic rings. The van der Waals surface area contributed by atoms with Gasteiger partial charge in [0.1, 0.15) is 18.5 Å². The van der Waals surface area contributed by atoms with Crippen LogP contribution in [0.15, 0.2) is 111 Å². The van der Waals surface area contributed by atoms with Gasteiger partial charge in [-0.05, 0) is 71.0 Å². The van der Waals surface area contributed by atoms with Gasteiger partial charge < -0.3 is 0 Å². The van der Waals surface area contributed by atoms with E-state index in [2.05, 4.69) is 143 Å². The van der Waals surface area contributed by atoms with Crippen LogP contribution < -0.4 is 0 Å². The number of aromatic nitrogens is 12. The predicted molar refractivity (Wildman–Crippen MR) is 217 cm³/mol. The molecular weight excluding hydrogens is 673 g/mol. The average molecular weight is 733 g/mol. The second-order valence-corrected chi connectivity index (χ2v) is 13.8. The first-order valence-corrected chi connectivity index (χ1v) is 18.4. The van der Waals surface area contributed by atoms with Crippen LogP contribution in [0.25, 0.3) is 0 Å². The Morgan fingerprint density at radius 2 is 1.00 bits per heavy atom. The quantitative estimate of drug-likeness (QED) is 0.160. The fraction of sp³-hybridized carbons (Fsp3) is 0.429. The van der Waals surface area contributed by atoms with Gasteiger partial charge in [-0.25, -0.2) is 29.9 Å². The molecule has 12 heteroatoms. The molecule has 288 valence electrons. The van der Waals surface area contributed by atoms with Gasteiger partial charge in [-0.15, -0.1) is 0 Å². The van der Waals surface area contributed by atoms with E-state index < -0.39 is 0 Å². The van der Waals surface area contributed by atoms with Gasteiger partial charge in [0.2, 0.25) is 0 Å². The van der Waals surface area contributed by atoms with E-state index in [1.54, 1.807) is 68.4 Å². The Kier molecular flexibility index (Phi) is 24.1. The summed E-state index contributed by atoms with van der Waals surface area (Å²) >= 11 is 0. The van der Waals surface area contributed by atoms with Gasteiger partial charge in [-0.2, -0.15) is 20.4 Å². The lowest BCUT2D eigenvalue weighted by atomic mass is 10.1. The number of hydrogen-bond acceptors (Lipinski definition) is 12. The first-order chi connectivity index (χ1) is 25.8. The summed E-state index contributed by atoms with van der Waals surface area (Å²) < 4.78 is 0.